The van der Waals surface area contributed by atoms with Crippen LogP contribution in [0.4, 0.5) is 0 Å². The lowest BCUT2D eigenvalue weighted by Gasteiger charge is -2.12. The van der Waals surface area contributed by atoms with E-state index >= 15 is 0 Å². The summed E-state index contributed by atoms with van der Waals surface area (Å²) >= 11 is 0. The standard InChI is InChI=1S/C15H19N3O2/c1-10(2)12-9-13(17-15(16-12)11(3)4)20-14-7-5-6-8-18(14)19/h5-11H,1-4H3. The maximum Gasteiger partial charge on any atom is 0.386 e. The molecule has 0 aromatic carbocycles. The fourth-order valence-corrected chi connectivity index (χ4v) is 1.67. The van der Waals surface area contributed by atoms with Crippen molar-refractivity contribution in [3.63, 3.8) is 0 Å². The van der Waals surface area contributed by atoms with Crippen molar-refractivity contribution in [1.82, 2.24) is 9.97 Å². The Kier molecular flexibility index (Phi) is 4.17. The molecule has 0 spiro atoms. The van der Waals surface area contributed by atoms with E-state index in [0.29, 0.717) is 10.6 Å². The zero-order chi connectivity index (χ0) is 14.7. The zero-order valence-electron chi connectivity index (χ0n) is 12.2. The molecule has 2 rings (SSSR count). The third-order valence-corrected chi connectivity index (χ3v) is 2.85. The van der Waals surface area contributed by atoms with Gasteiger partial charge in [-0.25, -0.2) is 4.98 Å². The van der Waals surface area contributed by atoms with Gasteiger partial charge < -0.3 is 9.94 Å². The lowest BCUT2D eigenvalue weighted by molar-refractivity contribution is -0.611. The molecule has 5 nitrogen and oxygen atoms in total. The summed E-state index contributed by atoms with van der Waals surface area (Å²) in [5.74, 6) is 1.80. The molecular weight excluding hydrogens is 254 g/mol. The number of aromatic nitrogens is 3. The van der Waals surface area contributed by atoms with Crippen molar-refractivity contribution in [1.29, 1.82) is 0 Å². The van der Waals surface area contributed by atoms with E-state index in [9.17, 15) is 5.21 Å². The van der Waals surface area contributed by atoms with Gasteiger partial charge in [0.1, 0.15) is 5.82 Å². The number of pyridine rings is 1. The summed E-state index contributed by atoms with van der Waals surface area (Å²) in [6.07, 6.45) is 1.39. The van der Waals surface area contributed by atoms with Crippen LogP contribution in [0, 0.1) is 5.21 Å². The molecule has 2 aromatic rings. The molecule has 0 N–H and O–H groups in total. The molecule has 0 bridgehead atoms. The van der Waals surface area contributed by atoms with Crippen LogP contribution in [0.15, 0.2) is 30.5 Å². The molecule has 20 heavy (non-hydrogen) atoms. The van der Waals surface area contributed by atoms with E-state index in [2.05, 4.69) is 23.8 Å². The Hall–Kier alpha value is -2.17. The van der Waals surface area contributed by atoms with Gasteiger partial charge in [-0.2, -0.15) is 4.98 Å². The first kappa shape index (κ1) is 14.2. The highest BCUT2D eigenvalue weighted by atomic mass is 16.6. The minimum atomic E-state index is 0.200. The molecular formula is C15H19N3O2. The Morgan fingerprint density at radius 3 is 2.45 bits per heavy atom. The van der Waals surface area contributed by atoms with Gasteiger partial charge in [0.2, 0.25) is 5.88 Å². The van der Waals surface area contributed by atoms with E-state index in [-0.39, 0.29) is 17.7 Å². The molecule has 0 amide bonds. The minimum absolute atomic E-state index is 0.200. The Bertz CT molecular complexity index is 571. The maximum absolute atomic E-state index is 11.6. The molecule has 2 heterocycles. The molecule has 5 heteroatoms. The van der Waals surface area contributed by atoms with Gasteiger partial charge in [-0.3, -0.25) is 0 Å². The van der Waals surface area contributed by atoms with Crippen molar-refractivity contribution in [3.05, 3.63) is 47.2 Å². The minimum Gasteiger partial charge on any atom is -0.616 e. The number of hydrogen-bond donors (Lipinski definition) is 0. The summed E-state index contributed by atoms with van der Waals surface area (Å²) in [5, 5.41) is 11.6. The second-order valence-corrected chi connectivity index (χ2v) is 5.27. The number of hydrogen-bond acceptors (Lipinski definition) is 4. The molecule has 0 radical (unpaired) electrons. The van der Waals surface area contributed by atoms with Crippen LogP contribution in [-0.2, 0) is 0 Å². The van der Waals surface area contributed by atoms with Crippen LogP contribution in [0.3, 0.4) is 0 Å². The van der Waals surface area contributed by atoms with Crippen molar-refractivity contribution in [2.24, 2.45) is 0 Å². The Labute approximate surface area is 118 Å². The summed E-state index contributed by atoms with van der Waals surface area (Å²) in [4.78, 5) is 8.89. The first-order valence-corrected chi connectivity index (χ1v) is 6.72. The molecule has 0 saturated heterocycles. The van der Waals surface area contributed by atoms with E-state index in [1.165, 1.54) is 6.20 Å². The van der Waals surface area contributed by atoms with Crippen molar-refractivity contribution in [2.45, 2.75) is 39.5 Å². The van der Waals surface area contributed by atoms with Gasteiger partial charge in [-0.1, -0.05) is 27.7 Å². The molecule has 0 aliphatic carbocycles. The number of nitrogens with zero attached hydrogens (tertiary/aromatic N) is 3. The van der Waals surface area contributed by atoms with Gasteiger partial charge in [-0.05, 0) is 12.0 Å². The van der Waals surface area contributed by atoms with Crippen molar-refractivity contribution in [2.75, 3.05) is 0 Å². The quantitative estimate of drug-likeness (QED) is 0.634. The summed E-state index contributed by atoms with van der Waals surface area (Å²) in [6.45, 7) is 8.18. The van der Waals surface area contributed by atoms with E-state index in [4.69, 9.17) is 4.74 Å². The van der Waals surface area contributed by atoms with Gasteiger partial charge in [0, 0.05) is 18.1 Å². The van der Waals surface area contributed by atoms with Gasteiger partial charge in [0.25, 0.3) is 0 Å². The Morgan fingerprint density at radius 2 is 1.85 bits per heavy atom. The Balaban J connectivity index is 2.38. The van der Waals surface area contributed by atoms with E-state index in [1.54, 1.807) is 24.3 Å². The summed E-state index contributed by atoms with van der Waals surface area (Å²) in [5.41, 5.74) is 0.909. The third-order valence-electron chi connectivity index (χ3n) is 2.85. The van der Waals surface area contributed by atoms with Gasteiger partial charge in [-0.15, -0.1) is 4.73 Å². The van der Waals surface area contributed by atoms with Crippen LogP contribution >= 0.6 is 0 Å². The molecule has 2 aromatic heterocycles. The summed E-state index contributed by atoms with van der Waals surface area (Å²) < 4.78 is 6.26. The average Bonchev–Trinajstić information content (AvgIpc) is 2.41. The van der Waals surface area contributed by atoms with E-state index in [0.717, 1.165) is 11.5 Å². The molecule has 0 atom stereocenters. The molecule has 0 saturated carbocycles. The van der Waals surface area contributed by atoms with Crippen LogP contribution in [0.2, 0.25) is 0 Å². The van der Waals surface area contributed by atoms with Crippen molar-refractivity contribution >= 4 is 0 Å². The van der Waals surface area contributed by atoms with Crippen molar-refractivity contribution < 1.29 is 9.47 Å². The maximum atomic E-state index is 11.6. The fourth-order valence-electron chi connectivity index (χ4n) is 1.67. The molecule has 0 aliphatic heterocycles. The monoisotopic (exact) mass is 273 g/mol. The van der Waals surface area contributed by atoms with Crippen LogP contribution in [0.5, 0.6) is 11.8 Å². The van der Waals surface area contributed by atoms with Gasteiger partial charge in [0.15, 0.2) is 6.20 Å². The van der Waals surface area contributed by atoms with Gasteiger partial charge >= 0.3 is 5.88 Å². The fraction of sp³-hybridized carbons (Fsp3) is 0.400. The number of rotatable bonds is 4. The predicted molar refractivity (Wildman–Crippen MR) is 75.7 cm³/mol. The highest BCUT2D eigenvalue weighted by Crippen LogP contribution is 2.23. The molecule has 0 aliphatic rings. The topological polar surface area (TPSA) is 62.0 Å². The van der Waals surface area contributed by atoms with Crippen LogP contribution in [0.1, 0.15) is 51.0 Å². The molecule has 106 valence electrons. The zero-order valence-corrected chi connectivity index (χ0v) is 12.2. The highest BCUT2D eigenvalue weighted by Gasteiger charge is 2.14. The van der Waals surface area contributed by atoms with Crippen LogP contribution < -0.4 is 9.47 Å². The van der Waals surface area contributed by atoms with Crippen LogP contribution in [-0.4, -0.2) is 9.97 Å². The first-order valence-electron chi connectivity index (χ1n) is 6.72. The summed E-state index contributed by atoms with van der Waals surface area (Å²) in [7, 11) is 0. The second-order valence-electron chi connectivity index (χ2n) is 5.27. The second kappa shape index (κ2) is 5.86. The van der Waals surface area contributed by atoms with Crippen LogP contribution in [0.25, 0.3) is 0 Å². The lowest BCUT2D eigenvalue weighted by atomic mass is 10.1. The van der Waals surface area contributed by atoms with Crippen molar-refractivity contribution in [3.8, 4) is 11.8 Å². The largest absolute Gasteiger partial charge is 0.616 e. The molecule has 0 fully saturated rings. The summed E-state index contributed by atoms with van der Waals surface area (Å²) in [6, 6.07) is 6.79. The smallest absolute Gasteiger partial charge is 0.386 e. The SMILES string of the molecule is CC(C)c1cc(Oc2cccc[n+]2[O-])nc(C(C)C)n1. The molecule has 0 unspecified atom stereocenters. The Morgan fingerprint density at radius 1 is 1.10 bits per heavy atom. The lowest BCUT2D eigenvalue weighted by Crippen LogP contribution is -2.27. The predicted octanol–water partition coefficient (Wildman–Crippen LogP) is 3.15. The third kappa shape index (κ3) is 3.23. The first-order chi connectivity index (χ1) is 9.47. The van der Waals surface area contributed by atoms with E-state index < -0.39 is 0 Å². The normalized spacial score (nSPS) is 11.1. The van der Waals surface area contributed by atoms with E-state index in [1.807, 2.05) is 13.8 Å². The average molecular weight is 273 g/mol. The highest BCUT2D eigenvalue weighted by molar-refractivity contribution is 5.23. The number of ether oxygens (including phenoxy) is 1. The van der Waals surface area contributed by atoms with Gasteiger partial charge in [0.05, 0.1) is 11.8 Å².